The van der Waals surface area contributed by atoms with Crippen molar-refractivity contribution in [1.29, 1.82) is 0 Å². The molecule has 0 unspecified atom stereocenters. The summed E-state index contributed by atoms with van der Waals surface area (Å²) >= 11 is 0. The van der Waals surface area contributed by atoms with Gasteiger partial charge in [0.05, 0.1) is 33.1 Å². The maximum atomic E-state index is 5.06. The van der Waals surface area contributed by atoms with E-state index in [0.29, 0.717) is 34.9 Å². The van der Waals surface area contributed by atoms with Gasteiger partial charge in [-0.05, 0) is 95.1 Å². The lowest BCUT2D eigenvalue weighted by Crippen LogP contribution is -2.00. The fourth-order valence-corrected chi connectivity index (χ4v) is 13.6. The van der Waals surface area contributed by atoms with Gasteiger partial charge in [-0.2, -0.15) is 0 Å². The lowest BCUT2D eigenvalue weighted by molar-refractivity contribution is 1.07. The summed E-state index contributed by atoms with van der Waals surface area (Å²) < 4.78 is 7.41. The highest BCUT2D eigenvalue weighted by atomic mass is 15.1. The number of benzene rings is 13. The molecule has 0 saturated heterocycles. The fraction of sp³-hybridized carbons (Fsp3) is 0. The molecule has 0 radical (unpaired) electrons. The van der Waals surface area contributed by atoms with Crippen molar-refractivity contribution in [3.05, 3.63) is 322 Å². The Labute approximate surface area is 535 Å². The van der Waals surface area contributed by atoms with Crippen molar-refractivity contribution in [3.8, 4) is 108 Å². The summed E-state index contributed by atoms with van der Waals surface area (Å²) in [5.41, 5.74) is 19.9. The van der Waals surface area contributed by atoms with Crippen molar-refractivity contribution < 1.29 is 0 Å². The molecular formula is C84H53N9. The first-order valence-electron chi connectivity index (χ1n) is 31.3. The molecule has 13 aromatic carbocycles. The number of fused-ring (bicyclic) bond motifs is 11. The van der Waals surface area contributed by atoms with Gasteiger partial charge in [-0.15, -0.1) is 0 Å². The Morgan fingerprint density at radius 1 is 0.172 bits per heavy atom. The van der Waals surface area contributed by atoms with Crippen LogP contribution < -0.4 is 0 Å². The first kappa shape index (κ1) is 53.3. The molecule has 9 nitrogen and oxygen atoms in total. The standard InChI is InChI=1S/C84H53N9/c1-8-22-56(23-9-1)79-85-80(57-24-10-2-11-25-57)88-83(87-79)60-40-36-54(37-41-60)62-44-48-71-69(52-62)75-73(91(71)64-30-16-5-17-31-64)50-46-67-68-47-51-74-76(78(68)93(77(67)75)66-34-20-7-21-35-66)70-53-63(45-49-72(70)92(74)65-32-18-6-19-33-65)55-38-42-61(43-39-55)84-89-81(58-26-12-3-13-27-58)86-82(90-84)59-28-14-4-15-29-59/h1-53H. The average Bonchev–Trinajstić information content (AvgIpc) is 1.53. The van der Waals surface area contributed by atoms with Crippen LogP contribution in [-0.2, 0) is 0 Å². The molecule has 0 amide bonds. The summed E-state index contributed by atoms with van der Waals surface area (Å²) in [6, 6.07) is 113. The average molecular weight is 1190 g/mol. The predicted molar refractivity (Wildman–Crippen MR) is 380 cm³/mol. The van der Waals surface area contributed by atoms with Crippen molar-refractivity contribution in [2.24, 2.45) is 0 Å². The fourth-order valence-electron chi connectivity index (χ4n) is 13.6. The smallest absolute Gasteiger partial charge is 0.164 e. The molecule has 5 aromatic heterocycles. The lowest BCUT2D eigenvalue weighted by Gasteiger charge is -2.11. The summed E-state index contributed by atoms with van der Waals surface area (Å²) in [5, 5.41) is 6.98. The van der Waals surface area contributed by atoms with E-state index in [1.165, 1.54) is 21.5 Å². The third-order valence-corrected chi connectivity index (χ3v) is 17.9. The number of hydrogen-bond acceptors (Lipinski definition) is 6. The normalized spacial score (nSPS) is 11.7. The molecule has 0 saturated carbocycles. The van der Waals surface area contributed by atoms with E-state index in [1.54, 1.807) is 0 Å². The maximum Gasteiger partial charge on any atom is 0.164 e. The number of hydrogen-bond donors (Lipinski definition) is 0. The Kier molecular flexibility index (Phi) is 12.7. The Balaban J connectivity index is 0.835. The van der Waals surface area contributed by atoms with Gasteiger partial charge in [0, 0.05) is 82.8 Å². The molecule has 0 N–H and O–H groups in total. The molecular weight excluding hydrogens is 1130 g/mol. The van der Waals surface area contributed by atoms with E-state index < -0.39 is 0 Å². The van der Waals surface area contributed by atoms with E-state index in [0.717, 1.165) is 117 Å². The monoisotopic (exact) mass is 1190 g/mol. The van der Waals surface area contributed by atoms with Gasteiger partial charge in [0.25, 0.3) is 0 Å². The zero-order valence-electron chi connectivity index (χ0n) is 50.1. The van der Waals surface area contributed by atoms with Crippen LogP contribution in [0.4, 0.5) is 0 Å². The summed E-state index contributed by atoms with van der Waals surface area (Å²) in [6.07, 6.45) is 0. The number of nitrogens with zero attached hydrogens (tertiary/aromatic N) is 9. The summed E-state index contributed by atoms with van der Waals surface area (Å²) in [6.45, 7) is 0. The minimum Gasteiger partial charge on any atom is -0.309 e. The summed E-state index contributed by atoms with van der Waals surface area (Å²) in [7, 11) is 0. The molecule has 18 aromatic rings. The van der Waals surface area contributed by atoms with Crippen LogP contribution in [0.25, 0.3) is 173 Å². The molecule has 0 fully saturated rings. The second-order valence-corrected chi connectivity index (χ2v) is 23.4. The van der Waals surface area contributed by atoms with Gasteiger partial charge in [0.2, 0.25) is 0 Å². The van der Waals surface area contributed by atoms with Crippen LogP contribution in [0.15, 0.2) is 322 Å². The van der Waals surface area contributed by atoms with Crippen molar-refractivity contribution in [3.63, 3.8) is 0 Å². The van der Waals surface area contributed by atoms with Crippen LogP contribution in [0.2, 0.25) is 0 Å². The van der Waals surface area contributed by atoms with Gasteiger partial charge < -0.3 is 13.7 Å². The minimum atomic E-state index is 0.617. The largest absolute Gasteiger partial charge is 0.309 e. The third-order valence-electron chi connectivity index (χ3n) is 17.9. The second kappa shape index (κ2) is 22.1. The Morgan fingerprint density at radius 3 is 0.710 bits per heavy atom. The van der Waals surface area contributed by atoms with Gasteiger partial charge in [-0.3, -0.25) is 0 Å². The van der Waals surface area contributed by atoms with Gasteiger partial charge in [-0.25, -0.2) is 29.9 Å². The van der Waals surface area contributed by atoms with E-state index in [2.05, 4.69) is 214 Å². The molecule has 5 heterocycles. The van der Waals surface area contributed by atoms with Crippen molar-refractivity contribution >= 4 is 65.4 Å². The molecule has 0 atom stereocenters. The first-order valence-corrected chi connectivity index (χ1v) is 31.3. The minimum absolute atomic E-state index is 0.617. The highest BCUT2D eigenvalue weighted by Gasteiger charge is 2.26. The molecule has 0 bridgehead atoms. The molecule has 9 heteroatoms. The topological polar surface area (TPSA) is 92.1 Å². The Bertz CT molecular complexity index is 5390. The van der Waals surface area contributed by atoms with E-state index in [4.69, 9.17) is 29.9 Å². The van der Waals surface area contributed by atoms with Gasteiger partial charge in [0.1, 0.15) is 0 Å². The van der Waals surface area contributed by atoms with Crippen molar-refractivity contribution in [2.45, 2.75) is 0 Å². The second-order valence-electron chi connectivity index (χ2n) is 23.4. The van der Waals surface area contributed by atoms with E-state index in [-0.39, 0.29) is 0 Å². The van der Waals surface area contributed by atoms with Crippen LogP contribution in [0.3, 0.4) is 0 Å². The van der Waals surface area contributed by atoms with Gasteiger partial charge in [0.15, 0.2) is 34.9 Å². The van der Waals surface area contributed by atoms with E-state index in [9.17, 15) is 0 Å². The molecule has 434 valence electrons. The molecule has 93 heavy (non-hydrogen) atoms. The first-order chi connectivity index (χ1) is 46.1. The van der Waals surface area contributed by atoms with Crippen LogP contribution in [0.5, 0.6) is 0 Å². The predicted octanol–water partition coefficient (Wildman–Crippen LogP) is 20.7. The summed E-state index contributed by atoms with van der Waals surface area (Å²) in [5.74, 6) is 3.76. The van der Waals surface area contributed by atoms with Crippen molar-refractivity contribution in [1.82, 2.24) is 43.6 Å². The van der Waals surface area contributed by atoms with E-state index >= 15 is 0 Å². The van der Waals surface area contributed by atoms with E-state index in [1.807, 2.05) is 121 Å². The zero-order valence-corrected chi connectivity index (χ0v) is 50.1. The third kappa shape index (κ3) is 9.17. The molecule has 18 rings (SSSR count). The van der Waals surface area contributed by atoms with Crippen LogP contribution >= 0.6 is 0 Å². The molecule has 0 aliphatic carbocycles. The summed E-state index contributed by atoms with van der Waals surface area (Å²) in [4.78, 5) is 30.1. The Hall–Kier alpha value is -12.7. The lowest BCUT2D eigenvalue weighted by atomic mass is 10.00. The Morgan fingerprint density at radius 2 is 0.409 bits per heavy atom. The van der Waals surface area contributed by atoms with Crippen LogP contribution in [0, 0.1) is 0 Å². The molecule has 0 aliphatic heterocycles. The highest BCUT2D eigenvalue weighted by molar-refractivity contribution is 6.32. The number of rotatable bonds is 11. The van der Waals surface area contributed by atoms with Gasteiger partial charge >= 0.3 is 0 Å². The van der Waals surface area contributed by atoms with Crippen LogP contribution in [0.1, 0.15) is 0 Å². The van der Waals surface area contributed by atoms with Gasteiger partial charge in [-0.1, -0.05) is 249 Å². The highest BCUT2D eigenvalue weighted by Crippen LogP contribution is 2.48. The maximum absolute atomic E-state index is 5.06. The SMILES string of the molecule is c1ccc(-c2nc(-c3ccccc3)nc(-c3ccc(-c4ccc5c(c4)c4c(ccc6c7ccc8c(c9cc(-c%10ccc(-c%11nc(-c%12ccccc%12)nc(-c%12ccccc%12)n%11)cc%10)ccc9n8-c8ccccc8)c7n(-c7ccccc7)c64)n5-c4ccccc4)cc3)n2)cc1. The number of aromatic nitrogens is 9. The molecule has 0 spiro atoms. The zero-order chi connectivity index (χ0) is 61.3. The van der Waals surface area contributed by atoms with Crippen LogP contribution in [-0.4, -0.2) is 43.6 Å². The number of para-hydroxylation sites is 3. The molecule has 0 aliphatic rings. The van der Waals surface area contributed by atoms with Crippen molar-refractivity contribution in [2.75, 3.05) is 0 Å². The quantitative estimate of drug-likeness (QED) is 0.128.